The van der Waals surface area contributed by atoms with Gasteiger partial charge in [0.05, 0.1) is 0 Å². The average molecular weight is 656 g/mol. The number of aryl methyl sites for hydroxylation is 1. The largest absolute Gasteiger partial charge is 0.434 e. The first-order valence-corrected chi connectivity index (χ1v) is 23.1. The van der Waals surface area contributed by atoms with Crippen molar-refractivity contribution in [2.45, 2.75) is 211 Å². The molecule has 5 heteroatoms. The highest BCUT2D eigenvalue weighted by atomic mass is 32.9. The fourth-order valence-corrected chi connectivity index (χ4v) is 9.20. The second kappa shape index (κ2) is 29.5. The van der Waals surface area contributed by atoms with E-state index in [1.807, 2.05) is 0 Å². The van der Waals surface area contributed by atoms with Crippen LogP contribution in [0.5, 0.6) is 0 Å². The lowest BCUT2D eigenvalue weighted by Gasteiger charge is -2.10. The highest BCUT2D eigenvalue weighted by Gasteiger charge is 2.23. The van der Waals surface area contributed by atoms with Crippen molar-refractivity contribution in [2.24, 2.45) is 0 Å². The zero-order valence-electron chi connectivity index (χ0n) is 28.6. The van der Waals surface area contributed by atoms with Crippen LogP contribution in [-0.4, -0.2) is 9.79 Å². The summed E-state index contributed by atoms with van der Waals surface area (Å²) in [7, 11) is 1.18. The lowest BCUT2D eigenvalue weighted by atomic mass is 9.96. The molecule has 43 heavy (non-hydrogen) atoms. The smallest absolute Gasteiger partial charge is 0.304 e. The van der Waals surface area contributed by atoms with Crippen LogP contribution >= 0.6 is 17.9 Å². The minimum atomic E-state index is -3.21. The number of hydrogen-bond acceptors (Lipinski definition) is 0. The molecule has 0 fully saturated rings. The van der Waals surface area contributed by atoms with Gasteiger partial charge in [-0.15, -0.1) is 0 Å². The molecule has 252 valence electrons. The van der Waals surface area contributed by atoms with E-state index in [1.54, 1.807) is 0 Å². The van der Waals surface area contributed by atoms with E-state index in [0.717, 1.165) is 17.7 Å². The van der Waals surface area contributed by atoms with Gasteiger partial charge in [-0.25, -0.2) is 0 Å². The van der Waals surface area contributed by atoms with Gasteiger partial charge in [0.15, 0.2) is 0 Å². The van der Waals surface area contributed by atoms with E-state index in [1.165, 1.54) is 202 Å². The summed E-state index contributed by atoms with van der Waals surface area (Å²) in [6.45, 7) is 4.58. The molecule has 1 aromatic rings. The van der Waals surface area contributed by atoms with Crippen molar-refractivity contribution in [3.8, 4) is 0 Å². The van der Waals surface area contributed by atoms with Gasteiger partial charge in [0.2, 0.25) is 4.90 Å². The molecule has 0 aliphatic heterocycles. The van der Waals surface area contributed by atoms with E-state index >= 15 is 0 Å². The van der Waals surface area contributed by atoms with Gasteiger partial charge in [-0.3, -0.25) is 0 Å². The minimum absolute atomic E-state index is 1.03. The third-order valence-electron chi connectivity index (χ3n) is 9.03. The SMILES string of the molecule is CCCCCCCCCCCCCCCCc1cccc([S+]=P(O)(O)S)c1CCCCCCCCCCCCCCCC. The number of rotatable bonds is 31. The molecule has 0 saturated carbocycles. The maximum absolute atomic E-state index is 10.1. The van der Waals surface area contributed by atoms with Crippen LogP contribution in [0.15, 0.2) is 23.1 Å². The molecule has 0 spiro atoms. The Morgan fingerprint density at radius 3 is 1.16 bits per heavy atom. The number of benzene rings is 1. The zero-order chi connectivity index (χ0) is 31.3. The van der Waals surface area contributed by atoms with Crippen LogP contribution in [0.1, 0.15) is 205 Å². The van der Waals surface area contributed by atoms with Crippen molar-refractivity contribution in [3.05, 3.63) is 29.3 Å². The molecular formula is C38H72O2PS2+. The van der Waals surface area contributed by atoms with Crippen LogP contribution in [0.4, 0.5) is 0 Å². The molecule has 1 rings (SSSR count). The van der Waals surface area contributed by atoms with Gasteiger partial charge in [0.25, 0.3) is 10.9 Å². The van der Waals surface area contributed by atoms with Gasteiger partial charge in [-0.1, -0.05) is 193 Å². The number of thiol groups is 1. The predicted molar refractivity (Wildman–Crippen MR) is 200 cm³/mol. The Morgan fingerprint density at radius 1 is 0.488 bits per heavy atom. The first-order valence-electron chi connectivity index (χ1n) is 18.9. The molecule has 0 aliphatic carbocycles. The van der Waals surface area contributed by atoms with Crippen LogP contribution in [-0.2, 0) is 23.8 Å². The van der Waals surface area contributed by atoms with E-state index < -0.39 is 5.69 Å². The minimum Gasteiger partial charge on any atom is -0.304 e. The van der Waals surface area contributed by atoms with Crippen molar-refractivity contribution in [3.63, 3.8) is 0 Å². The fraction of sp³-hybridized carbons (Fsp3) is 0.842. The normalized spacial score (nSPS) is 11.8. The standard InChI is InChI=1S/C38H72O2PS2/c1-3-5-7-9-11-13-15-17-19-21-23-25-27-29-32-36-33-31-35-38(43-41(39,40)42)37(36)34-30-28-26-24-22-20-18-16-14-12-10-8-6-4-2/h31,33,35,39-40,42H,3-30,32,34H2,1-2H3/q+1. The van der Waals surface area contributed by atoms with Gasteiger partial charge < -0.3 is 9.79 Å². The Hall–Kier alpha value is 0.140. The summed E-state index contributed by atoms with van der Waals surface area (Å²) < 4.78 is 0. The van der Waals surface area contributed by atoms with E-state index in [2.05, 4.69) is 44.3 Å². The molecule has 2 N–H and O–H groups in total. The Morgan fingerprint density at radius 2 is 0.814 bits per heavy atom. The molecule has 0 aliphatic rings. The molecule has 0 radical (unpaired) electrons. The second-order valence-corrected chi connectivity index (χ2v) is 19.4. The molecule has 0 saturated heterocycles. The average Bonchev–Trinajstić information content (AvgIpc) is 2.97. The molecule has 2 nitrogen and oxygen atoms in total. The number of hydrogen-bond donors (Lipinski definition) is 3. The van der Waals surface area contributed by atoms with Crippen molar-refractivity contribution >= 4 is 28.9 Å². The Balaban J connectivity index is 2.25. The van der Waals surface area contributed by atoms with E-state index in [4.69, 9.17) is 0 Å². The van der Waals surface area contributed by atoms with E-state index in [-0.39, 0.29) is 0 Å². The highest BCUT2D eigenvalue weighted by Crippen LogP contribution is 2.45. The maximum Gasteiger partial charge on any atom is 0.434 e. The topological polar surface area (TPSA) is 40.5 Å². The maximum atomic E-state index is 10.1. The van der Waals surface area contributed by atoms with Gasteiger partial charge >= 0.3 is 5.69 Å². The molecule has 1 aromatic carbocycles. The van der Waals surface area contributed by atoms with Crippen LogP contribution in [0.3, 0.4) is 0 Å². The molecule has 0 unspecified atom stereocenters. The molecular weight excluding hydrogens is 584 g/mol. The predicted octanol–water partition coefficient (Wildman–Crippen LogP) is 13.8. The number of unbranched alkanes of at least 4 members (excludes halogenated alkanes) is 26. The van der Waals surface area contributed by atoms with Crippen LogP contribution < -0.4 is 0 Å². The quantitative estimate of drug-likeness (QED) is 0.0322. The Labute approximate surface area is 278 Å². The van der Waals surface area contributed by atoms with Crippen molar-refractivity contribution in [2.75, 3.05) is 0 Å². The van der Waals surface area contributed by atoms with Crippen LogP contribution in [0, 0.1) is 0 Å². The second-order valence-electron chi connectivity index (χ2n) is 13.2. The summed E-state index contributed by atoms with van der Waals surface area (Å²) in [5, 5.41) is 0. The lowest BCUT2D eigenvalue weighted by molar-refractivity contribution is 0.502. The summed E-state index contributed by atoms with van der Waals surface area (Å²) in [6, 6.07) is 6.44. The molecule has 0 aromatic heterocycles. The van der Waals surface area contributed by atoms with Crippen molar-refractivity contribution in [1.29, 1.82) is 0 Å². The van der Waals surface area contributed by atoms with Crippen molar-refractivity contribution in [1.82, 2.24) is 0 Å². The molecule has 0 bridgehead atoms. The van der Waals surface area contributed by atoms with E-state index in [0.29, 0.717) is 0 Å². The third-order valence-corrected chi connectivity index (χ3v) is 11.9. The van der Waals surface area contributed by atoms with Gasteiger partial charge in [-0.05, 0) is 43.5 Å². The van der Waals surface area contributed by atoms with Crippen molar-refractivity contribution < 1.29 is 9.79 Å². The van der Waals surface area contributed by atoms with E-state index in [9.17, 15) is 9.79 Å². The molecule has 0 heterocycles. The van der Waals surface area contributed by atoms with Gasteiger partial charge in [-0.2, -0.15) is 0 Å². The van der Waals surface area contributed by atoms with Gasteiger partial charge in [0, 0.05) is 11.6 Å². The van der Waals surface area contributed by atoms with Crippen LogP contribution in [0.2, 0.25) is 0 Å². The van der Waals surface area contributed by atoms with Gasteiger partial charge in [0.1, 0.15) is 0 Å². The third kappa shape index (κ3) is 26.0. The zero-order valence-corrected chi connectivity index (χ0v) is 31.2. The first-order chi connectivity index (χ1) is 21.0. The van der Waals surface area contributed by atoms with Crippen LogP contribution in [0.25, 0.3) is 0 Å². The highest BCUT2D eigenvalue weighted by molar-refractivity contribution is 8.62. The summed E-state index contributed by atoms with van der Waals surface area (Å²) in [5.74, 6) is 0. The lowest BCUT2D eigenvalue weighted by Crippen LogP contribution is -1.99. The monoisotopic (exact) mass is 655 g/mol. The Kier molecular flexibility index (Phi) is 28.3. The summed E-state index contributed by atoms with van der Waals surface area (Å²) >= 11 is 4.09. The first kappa shape index (κ1) is 41.2. The fourth-order valence-electron chi connectivity index (χ4n) is 6.35. The summed E-state index contributed by atoms with van der Waals surface area (Å²) in [4.78, 5) is 21.2. The Bertz CT molecular complexity index is 799. The summed E-state index contributed by atoms with van der Waals surface area (Å²) in [5.41, 5.74) is -0.441. The molecule has 0 amide bonds. The summed E-state index contributed by atoms with van der Waals surface area (Å²) in [6.07, 6.45) is 40.8. The molecule has 0 atom stereocenters.